The first-order chi connectivity index (χ1) is 11.9. The summed E-state index contributed by atoms with van der Waals surface area (Å²) in [5.74, 6) is 1.28. The van der Waals surface area contributed by atoms with E-state index in [9.17, 15) is 14.9 Å². The standard InChI is InChI=1S/C16H19N5O4/c1-10-14(11(2)25-19-10)7-16(22)20-6-5-12(9-20)18-15-4-3-13(8-17-15)21(23)24/h3-4,8,12H,5-7,9H2,1-2H3,(H,17,18). The van der Waals surface area contributed by atoms with Gasteiger partial charge < -0.3 is 14.7 Å². The highest BCUT2D eigenvalue weighted by molar-refractivity contribution is 5.79. The zero-order chi connectivity index (χ0) is 18.0. The molecule has 132 valence electrons. The number of rotatable bonds is 5. The van der Waals surface area contributed by atoms with E-state index in [-0.39, 0.29) is 24.1 Å². The summed E-state index contributed by atoms with van der Waals surface area (Å²) in [6, 6.07) is 3.06. The summed E-state index contributed by atoms with van der Waals surface area (Å²) in [7, 11) is 0. The molecular formula is C16H19N5O4. The van der Waals surface area contributed by atoms with Crippen LogP contribution in [0.25, 0.3) is 0 Å². The zero-order valence-corrected chi connectivity index (χ0v) is 14.1. The maximum atomic E-state index is 12.5. The van der Waals surface area contributed by atoms with Crippen LogP contribution in [0.1, 0.15) is 23.4 Å². The minimum Gasteiger partial charge on any atom is -0.365 e. The second-order valence-corrected chi connectivity index (χ2v) is 6.11. The van der Waals surface area contributed by atoms with Crippen LogP contribution in [0.4, 0.5) is 11.5 Å². The number of pyridine rings is 1. The number of likely N-dealkylation sites (tertiary alicyclic amines) is 1. The molecule has 0 radical (unpaired) electrons. The molecule has 0 saturated carbocycles. The molecule has 0 spiro atoms. The summed E-state index contributed by atoms with van der Waals surface area (Å²) in [5.41, 5.74) is 1.54. The fourth-order valence-electron chi connectivity index (χ4n) is 2.91. The lowest BCUT2D eigenvalue weighted by Gasteiger charge is -2.17. The predicted molar refractivity (Wildman–Crippen MR) is 89.2 cm³/mol. The Morgan fingerprint density at radius 2 is 2.28 bits per heavy atom. The number of hydrogen-bond donors (Lipinski definition) is 1. The molecule has 1 aliphatic rings. The highest BCUT2D eigenvalue weighted by Gasteiger charge is 2.27. The summed E-state index contributed by atoms with van der Waals surface area (Å²) in [4.78, 5) is 28.5. The third kappa shape index (κ3) is 3.76. The van der Waals surface area contributed by atoms with Crippen molar-refractivity contribution in [2.75, 3.05) is 18.4 Å². The van der Waals surface area contributed by atoms with E-state index in [1.54, 1.807) is 17.9 Å². The minimum atomic E-state index is -0.485. The second kappa shape index (κ2) is 6.88. The molecule has 9 heteroatoms. The highest BCUT2D eigenvalue weighted by atomic mass is 16.6. The maximum absolute atomic E-state index is 12.5. The number of amides is 1. The maximum Gasteiger partial charge on any atom is 0.287 e. The molecule has 1 amide bonds. The molecular weight excluding hydrogens is 326 g/mol. The van der Waals surface area contributed by atoms with Crippen LogP contribution in [-0.4, -0.2) is 45.0 Å². The largest absolute Gasteiger partial charge is 0.365 e. The molecule has 1 unspecified atom stereocenters. The molecule has 25 heavy (non-hydrogen) atoms. The van der Waals surface area contributed by atoms with Gasteiger partial charge in [0.2, 0.25) is 5.91 Å². The van der Waals surface area contributed by atoms with Crippen LogP contribution in [0, 0.1) is 24.0 Å². The Hall–Kier alpha value is -2.97. The van der Waals surface area contributed by atoms with E-state index in [2.05, 4.69) is 15.5 Å². The van der Waals surface area contributed by atoms with Crippen LogP contribution in [0.3, 0.4) is 0 Å². The van der Waals surface area contributed by atoms with Crippen LogP contribution in [-0.2, 0) is 11.2 Å². The molecule has 1 aliphatic heterocycles. The molecule has 2 aromatic heterocycles. The summed E-state index contributed by atoms with van der Waals surface area (Å²) < 4.78 is 5.10. The average Bonchev–Trinajstić information content (AvgIpc) is 3.17. The Labute approximate surface area is 144 Å². The fourth-order valence-corrected chi connectivity index (χ4v) is 2.91. The van der Waals surface area contributed by atoms with Crippen LogP contribution in [0.15, 0.2) is 22.9 Å². The molecule has 3 rings (SSSR count). The number of aromatic nitrogens is 2. The lowest BCUT2D eigenvalue weighted by atomic mass is 10.1. The van der Waals surface area contributed by atoms with E-state index in [0.29, 0.717) is 24.7 Å². The van der Waals surface area contributed by atoms with E-state index in [0.717, 1.165) is 17.7 Å². The molecule has 1 fully saturated rings. The SMILES string of the molecule is Cc1noc(C)c1CC(=O)N1CCC(Nc2ccc([N+](=O)[O-])cn2)C1. The normalized spacial score (nSPS) is 16.9. The van der Waals surface area contributed by atoms with Crippen molar-refractivity contribution in [3.05, 3.63) is 45.5 Å². The predicted octanol–water partition coefficient (Wildman–Crippen LogP) is 1.85. The third-order valence-electron chi connectivity index (χ3n) is 4.36. The number of carbonyl (C=O) groups is 1. The van der Waals surface area contributed by atoms with Crippen LogP contribution in [0.2, 0.25) is 0 Å². The van der Waals surface area contributed by atoms with Gasteiger partial charge in [-0.25, -0.2) is 4.98 Å². The van der Waals surface area contributed by atoms with E-state index in [1.165, 1.54) is 12.3 Å². The Morgan fingerprint density at radius 1 is 1.48 bits per heavy atom. The average molecular weight is 345 g/mol. The fraction of sp³-hybridized carbons (Fsp3) is 0.438. The van der Waals surface area contributed by atoms with Crippen LogP contribution < -0.4 is 5.32 Å². The second-order valence-electron chi connectivity index (χ2n) is 6.11. The lowest BCUT2D eigenvalue weighted by Crippen LogP contribution is -2.33. The zero-order valence-electron chi connectivity index (χ0n) is 14.1. The van der Waals surface area contributed by atoms with Crippen LogP contribution in [0.5, 0.6) is 0 Å². The lowest BCUT2D eigenvalue weighted by molar-refractivity contribution is -0.385. The summed E-state index contributed by atoms with van der Waals surface area (Å²) in [6.07, 6.45) is 2.30. The highest BCUT2D eigenvalue weighted by Crippen LogP contribution is 2.19. The van der Waals surface area contributed by atoms with E-state index < -0.39 is 4.92 Å². The van der Waals surface area contributed by atoms with Crippen molar-refractivity contribution < 1.29 is 14.2 Å². The van der Waals surface area contributed by atoms with Gasteiger partial charge in [-0.05, 0) is 26.3 Å². The molecule has 1 N–H and O–H groups in total. The first kappa shape index (κ1) is 16.9. The van der Waals surface area contributed by atoms with E-state index in [1.807, 2.05) is 6.92 Å². The summed E-state index contributed by atoms with van der Waals surface area (Å²) in [6.45, 7) is 4.86. The molecule has 0 aromatic carbocycles. The number of hydrogen-bond acceptors (Lipinski definition) is 7. The first-order valence-corrected chi connectivity index (χ1v) is 8.00. The van der Waals surface area contributed by atoms with Gasteiger partial charge in [0, 0.05) is 30.8 Å². The first-order valence-electron chi connectivity index (χ1n) is 8.00. The number of nitrogens with one attached hydrogen (secondary N) is 1. The topological polar surface area (TPSA) is 114 Å². The van der Waals surface area contributed by atoms with Gasteiger partial charge >= 0.3 is 0 Å². The van der Waals surface area contributed by atoms with Gasteiger partial charge in [-0.3, -0.25) is 14.9 Å². The van der Waals surface area contributed by atoms with Crippen molar-refractivity contribution >= 4 is 17.4 Å². The smallest absolute Gasteiger partial charge is 0.287 e. The third-order valence-corrected chi connectivity index (χ3v) is 4.36. The minimum absolute atomic E-state index is 0.0374. The quantitative estimate of drug-likeness (QED) is 0.649. The van der Waals surface area contributed by atoms with Gasteiger partial charge in [0.1, 0.15) is 17.8 Å². The Bertz CT molecular complexity index is 767. The Kier molecular flexibility index (Phi) is 4.64. The van der Waals surface area contributed by atoms with Crippen molar-refractivity contribution in [2.24, 2.45) is 0 Å². The van der Waals surface area contributed by atoms with Crippen LogP contribution >= 0.6 is 0 Å². The summed E-state index contributed by atoms with van der Waals surface area (Å²) >= 11 is 0. The van der Waals surface area contributed by atoms with Crippen molar-refractivity contribution in [3.63, 3.8) is 0 Å². The molecule has 1 saturated heterocycles. The monoisotopic (exact) mass is 345 g/mol. The molecule has 3 heterocycles. The Morgan fingerprint density at radius 3 is 2.88 bits per heavy atom. The molecule has 9 nitrogen and oxygen atoms in total. The molecule has 1 atom stereocenters. The molecule has 0 aliphatic carbocycles. The number of nitro groups is 1. The molecule has 0 bridgehead atoms. The number of carbonyl (C=O) groups excluding carboxylic acids is 1. The van der Waals surface area contributed by atoms with Gasteiger partial charge in [0.25, 0.3) is 5.69 Å². The number of nitrogens with zero attached hydrogens (tertiary/aromatic N) is 4. The van der Waals surface area contributed by atoms with Gasteiger partial charge in [-0.1, -0.05) is 5.16 Å². The van der Waals surface area contributed by atoms with E-state index in [4.69, 9.17) is 4.52 Å². The summed E-state index contributed by atoms with van der Waals surface area (Å²) in [5, 5.41) is 17.7. The molecule has 2 aromatic rings. The van der Waals surface area contributed by atoms with Gasteiger partial charge in [-0.2, -0.15) is 0 Å². The van der Waals surface area contributed by atoms with Gasteiger partial charge in [0.15, 0.2) is 0 Å². The number of aryl methyl sites for hydroxylation is 2. The van der Waals surface area contributed by atoms with Crippen molar-refractivity contribution in [1.82, 2.24) is 15.0 Å². The Balaban J connectivity index is 1.56. The van der Waals surface area contributed by atoms with Crippen molar-refractivity contribution in [3.8, 4) is 0 Å². The van der Waals surface area contributed by atoms with Crippen molar-refractivity contribution in [2.45, 2.75) is 32.7 Å². The van der Waals surface area contributed by atoms with Gasteiger partial charge in [-0.15, -0.1) is 0 Å². The van der Waals surface area contributed by atoms with E-state index >= 15 is 0 Å². The number of anilines is 1. The van der Waals surface area contributed by atoms with Gasteiger partial charge in [0.05, 0.1) is 17.0 Å². The van der Waals surface area contributed by atoms with Crippen molar-refractivity contribution in [1.29, 1.82) is 0 Å².